The first-order chi connectivity index (χ1) is 20.3. The molecule has 8 nitrogen and oxygen atoms in total. The van der Waals surface area contributed by atoms with E-state index in [2.05, 4.69) is 27.7 Å². The maximum atomic E-state index is 12.8. The van der Waals surface area contributed by atoms with Crippen LogP contribution in [0.25, 0.3) is 0 Å². The van der Waals surface area contributed by atoms with E-state index in [1.807, 2.05) is 0 Å². The minimum Gasteiger partial charge on any atom is -0.469 e. The van der Waals surface area contributed by atoms with Gasteiger partial charge >= 0.3 is 11.9 Å². The van der Waals surface area contributed by atoms with Gasteiger partial charge in [0.25, 0.3) is 0 Å². The second-order valence-corrected chi connectivity index (χ2v) is 15.3. The van der Waals surface area contributed by atoms with E-state index in [4.69, 9.17) is 9.47 Å². The number of methoxy groups -OCH3 is 1. The molecule has 4 aliphatic rings. The molecule has 0 aromatic rings. The van der Waals surface area contributed by atoms with Gasteiger partial charge in [-0.05, 0) is 91.3 Å². The molecule has 0 saturated heterocycles. The third-order valence-electron chi connectivity index (χ3n) is 13.0. The van der Waals surface area contributed by atoms with Crippen LogP contribution in [0, 0.1) is 46.3 Å². The van der Waals surface area contributed by atoms with E-state index < -0.39 is 30.1 Å². The van der Waals surface area contributed by atoms with E-state index in [9.17, 15) is 30.0 Å². The molecule has 8 heteroatoms. The summed E-state index contributed by atoms with van der Waals surface area (Å²) in [7, 11) is 1.42. The molecule has 0 aromatic carbocycles. The summed E-state index contributed by atoms with van der Waals surface area (Å²) in [5.41, 5.74) is -0.519. The highest BCUT2D eigenvalue weighted by molar-refractivity contribution is 5.74. The zero-order valence-corrected chi connectivity index (χ0v) is 27.4. The maximum absolute atomic E-state index is 12.8. The van der Waals surface area contributed by atoms with Gasteiger partial charge in [0, 0.05) is 19.3 Å². The molecule has 0 bridgehead atoms. The van der Waals surface area contributed by atoms with Crippen LogP contribution in [0.2, 0.25) is 0 Å². The highest BCUT2D eigenvalue weighted by atomic mass is 16.7. The predicted octanol–water partition coefficient (Wildman–Crippen LogP) is 5.52. The standard InChI is InChI=1S/C35H60O8/c1-6-7-8-9-10-11-12-27(36)32(40)43-35(41)18-17-33(3)23(21-35)19-28(37)31-25-15-14-24(22(2)13-16-30(39)42-5)34(25,4)29(38)20-26(31)33/h22-29,31,36-38,41H,6-21H2,1-5H3/t22-,23-,24-,25+,26+,27?,28-,29+,31+,33+,34-,35+/m1/s1. The van der Waals surface area contributed by atoms with Crippen LogP contribution in [0.4, 0.5) is 0 Å². The summed E-state index contributed by atoms with van der Waals surface area (Å²) >= 11 is 0. The van der Waals surface area contributed by atoms with E-state index in [1.165, 1.54) is 26.4 Å². The second kappa shape index (κ2) is 14.0. The molecule has 43 heavy (non-hydrogen) atoms. The molecule has 0 spiro atoms. The Kier molecular flexibility index (Phi) is 11.3. The average molecular weight is 609 g/mol. The van der Waals surface area contributed by atoms with Crippen molar-refractivity contribution in [2.45, 2.75) is 155 Å². The molecular formula is C35H60O8. The van der Waals surface area contributed by atoms with Crippen molar-refractivity contribution < 1.29 is 39.5 Å². The molecular weight excluding hydrogens is 548 g/mol. The molecule has 4 fully saturated rings. The lowest BCUT2D eigenvalue weighted by molar-refractivity contribution is -0.268. The molecule has 4 aliphatic carbocycles. The fourth-order valence-corrected chi connectivity index (χ4v) is 10.3. The number of hydrogen-bond acceptors (Lipinski definition) is 8. The van der Waals surface area contributed by atoms with Crippen molar-refractivity contribution in [3.05, 3.63) is 0 Å². The average Bonchev–Trinajstić information content (AvgIpc) is 3.33. The van der Waals surface area contributed by atoms with Gasteiger partial charge < -0.3 is 29.9 Å². The number of aliphatic hydroxyl groups excluding tert-OH is 3. The Balaban J connectivity index is 1.39. The van der Waals surface area contributed by atoms with Crippen LogP contribution in [0.15, 0.2) is 0 Å². The molecule has 0 amide bonds. The number of hydrogen-bond donors (Lipinski definition) is 4. The van der Waals surface area contributed by atoms with Crippen molar-refractivity contribution in [2.24, 2.45) is 46.3 Å². The van der Waals surface area contributed by atoms with Gasteiger partial charge in [0.2, 0.25) is 5.79 Å². The van der Waals surface area contributed by atoms with Crippen LogP contribution < -0.4 is 0 Å². The summed E-state index contributed by atoms with van der Waals surface area (Å²) < 4.78 is 10.5. The van der Waals surface area contributed by atoms with Gasteiger partial charge in [-0.2, -0.15) is 0 Å². The third-order valence-corrected chi connectivity index (χ3v) is 13.0. The first-order valence-corrected chi connectivity index (χ1v) is 17.4. The molecule has 4 rings (SSSR count). The van der Waals surface area contributed by atoms with Crippen LogP contribution in [0.1, 0.15) is 130 Å². The number of fused-ring (bicyclic) bond motifs is 5. The molecule has 4 N–H and O–H groups in total. The largest absolute Gasteiger partial charge is 0.469 e. The first kappa shape index (κ1) is 34.6. The monoisotopic (exact) mass is 608 g/mol. The van der Waals surface area contributed by atoms with E-state index in [-0.39, 0.29) is 58.7 Å². The Morgan fingerprint density at radius 1 is 0.953 bits per heavy atom. The van der Waals surface area contributed by atoms with Gasteiger partial charge in [0.1, 0.15) is 0 Å². The molecule has 0 aliphatic heterocycles. The summed E-state index contributed by atoms with van der Waals surface area (Å²) in [6, 6.07) is 0. The topological polar surface area (TPSA) is 134 Å². The molecule has 0 heterocycles. The Labute approximate surface area is 259 Å². The third kappa shape index (κ3) is 6.97. The van der Waals surface area contributed by atoms with E-state index in [0.717, 1.165) is 38.5 Å². The lowest BCUT2D eigenvalue weighted by Crippen LogP contribution is -2.63. The number of aliphatic hydroxyl groups is 4. The van der Waals surface area contributed by atoms with Crippen molar-refractivity contribution in [2.75, 3.05) is 7.11 Å². The lowest BCUT2D eigenvalue weighted by atomic mass is 9.43. The molecule has 0 aromatic heterocycles. The quantitative estimate of drug-likeness (QED) is 0.122. The number of rotatable bonds is 13. The summed E-state index contributed by atoms with van der Waals surface area (Å²) in [6.07, 6.45) is 9.74. The highest BCUT2D eigenvalue weighted by Crippen LogP contribution is 2.69. The Morgan fingerprint density at radius 2 is 1.65 bits per heavy atom. The Hall–Kier alpha value is -1.22. The van der Waals surface area contributed by atoms with Crippen molar-refractivity contribution in [3.63, 3.8) is 0 Å². The normalized spacial score (nSPS) is 41.8. The Bertz CT molecular complexity index is 956. The van der Waals surface area contributed by atoms with Gasteiger partial charge in [-0.3, -0.25) is 4.79 Å². The van der Waals surface area contributed by atoms with E-state index >= 15 is 0 Å². The number of ether oxygens (including phenoxy) is 2. The van der Waals surface area contributed by atoms with Crippen molar-refractivity contribution in [3.8, 4) is 0 Å². The lowest BCUT2D eigenvalue weighted by Gasteiger charge is -2.64. The number of esters is 2. The number of carbonyl (C=O) groups excluding carboxylic acids is 2. The number of carbonyl (C=O) groups is 2. The fraction of sp³-hybridized carbons (Fsp3) is 0.943. The van der Waals surface area contributed by atoms with Crippen LogP contribution in [0.3, 0.4) is 0 Å². The molecule has 248 valence electrons. The Morgan fingerprint density at radius 3 is 2.35 bits per heavy atom. The summed E-state index contributed by atoms with van der Waals surface area (Å²) in [5, 5.41) is 45.4. The van der Waals surface area contributed by atoms with Crippen molar-refractivity contribution in [1.82, 2.24) is 0 Å². The SMILES string of the molecule is CCCCCCCCC(O)C(=O)O[C@@]1(O)CC[C@@]2(C)[C@H](C[C@@H](O)[C@@H]3[C@@H]2C[C@H](O)[C@]2(C)[C@@H]([C@H](C)CCC(=O)OC)CC[C@@H]32)C1. The van der Waals surface area contributed by atoms with Crippen LogP contribution >= 0.6 is 0 Å². The summed E-state index contributed by atoms with van der Waals surface area (Å²) in [4.78, 5) is 24.6. The van der Waals surface area contributed by atoms with Gasteiger partial charge in [-0.25, -0.2) is 4.79 Å². The van der Waals surface area contributed by atoms with Crippen LogP contribution in [-0.4, -0.2) is 63.6 Å². The van der Waals surface area contributed by atoms with Crippen LogP contribution in [-0.2, 0) is 19.1 Å². The molecule has 1 unspecified atom stereocenters. The first-order valence-electron chi connectivity index (χ1n) is 17.4. The van der Waals surface area contributed by atoms with Gasteiger partial charge in [-0.1, -0.05) is 66.2 Å². The number of unbranched alkanes of at least 4 members (excludes halogenated alkanes) is 5. The van der Waals surface area contributed by atoms with Gasteiger partial charge in [0.05, 0.1) is 19.3 Å². The molecule has 0 radical (unpaired) electrons. The molecule has 12 atom stereocenters. The minimum atomic E-state index is -1.65. The fourth-order valence-electron chi connectivity index (χ4n) is 10.3. The van der Waals surface area contributed by atoms with Gasteiger partial charge in [0.15, 0.2) is 6.10 Å². The van der Waals surface area contributed by atoms with Crippen LogP contribution in [0.5, 0.6) is 0 Å². The zero-order chi connectivity index (χ0) is 31.6. The van der Waals surface area contributed by atoms with E-state index in [0.29, 0.717) is 38.5 Å². The second-order valence-electron chi connectivity index (χ2n) is 15.3. The smallest absolute Gasteiger partial charge is 0.337 e. The summed E-state index contributed by atoms with van der Waals surface area (Å²) in [6.45, 7) is 8.81. The van der Waals surface area contributed by atoms with Gasteiger partial charge in [-0.15, -0.1) is 0 Å². The van der Waals surface area contributed by atoms with Crippen molar-refractivity contribution in [1.29, 1.82) is 0 Å². The maximum Gasteiger partial charge on any atom is 0.337 e. The van der Waals surface area contributed by atoms with E-state index in [1.54, 1.807) is 0 Å². The minimum absolute atomic E-state index is 0.0567. The highest BCUT2D eigenvalue weighted by Gasteiger charge is 2.66. The summed E-state index contributed by atoms with van der Waals surface area (Å²) in [5.74, 6) is -1.75. The zero-order valence-electron chi connectivity index (χ0n) is 27.4. The van der Waals surface area contributed by atoms with Crippen molar-refractivity contribution >= 4 is 11.9 Å². The predicted molar refractivity (Wildman–Crippen MR) is 163 cm³/mol. The molecule has 4 saturated carbocycles.